The van der Waals surface area contributed by atoms with Gasteiger partial charge in [-0.2, -0.15) is 0 Å². The monoisotopic (exact) mass is 407 g/mol. The molecule has 2 amide bonds. The normalized spacial score (nSPS) is 10.3. The third-order valence-electron chi connectivity index (χ3n) is 4.46. The Kier molecular flexibility index (Phi) is 6.52. The zero-order valence-corrected chi connectivity index (χ0v) is 17.0. The minimum absolute atomic E-state index is 0.0407. The van der Waals surface area contributed by atoms with Crippen LogP contribution >= 0.6 is 11.6 Å². The summed E-state index contributed by atoms with van der Waals surface area (Å²) in [5.41, 5.74) is 4.48. The van der Waals surface area contributed by atoms with Gasteiger partial charge in [-0.05, 0) is 61.4 Å². The summed E-state index contributed by atoms with van der Waals surface area (Å²) >= 11 is 5.88. The van der Waals surface area contributed by atoms with Crippen molar-refractivity contribution in [2.45, 2.75) is 13.8 Å². The van der Waals surface area contributed by atoms with Crippen molar-refractivity contribution in [3.8, 4) is 0 Å². The molecule has 0 aliphatic heterocycles. The van der Waals surface area contributed by atoms with E-state index in [0.717, 1.165) is 16.8 Å². The Balaban J connectivity index is 1.66. The van der Waals surface area contributed by atoms with Crippen LogP contribution in [-0.4, -0.2) is 18.4 Å². The molecular weight excluding hydrogens is 386 g/mol. The average molecular weight is 408 g/mol. The van der Waals surface area contributed by atoms with E-state index in [9.17, 15) is 9.59 Å². The van der Waals surface area contributed by atoms with E-state index in [1.807, 2.05) is 38.1 Å². The van der Waals surface area contributed by atoms with Crippen LogP contribution in [0.25, 0.3) is 0 Å². The van der Waals surface area contributed by atoms with Crippen LogP contribution in [0.1, 0.15) is 21.5 Å². The topological polar surface area (TPSA) is 70.2 Å². The maximum Gasteiger partial charge on any atom is 0.257 e. The van der Waals surface area contributed by atoms with Crippen LogP contribution in [0, 0.1) is 13.8 Å². The van der Waals surface area contributed by atoms with Gasteiger partial charge < -0.3 is 16.0 Å². The zero-order valence-electron chi connectivity index (χ0n) is 16.3. The van der Waals surface area contributed by atoms with E-state index in [0.29, 0.717) is 22.0 Å². The third-order valence-corrected chi connectivity index (χ3v) is 4.71. The fourth-order valence-corrected chi connectivity index (χ4v) is 3.06. The molecule has 3 aromatic carbocycles. The Morgan fingerprint density at radius 1 is 0.828 bits per heavy atom. The number of anilines is 3. The molecule has 5 nitrogen and oxygen atoms in total. The number of hydrogen-bond donors (Lipinski definition) is 3. The fraction of sp³-hybridized carbons (Fsp3) is 0.130. The summed E-state index contributed by atoms with van der Waals surface area (Å²) < 4.78 is 0. The Morgan fingerprint density at radius 2 is 1.48 bits per heavy atom. The molecule has 0 aliphatic rings. The number of carbonyl (C=O) groups is 2. The van der Waals surface area contributed by atoms with Crippen LogP contribution in [0.3, 0.4) is 0 Å². The highest BCUT2D eigenvalue weighted by Gasteiger charge is 2.13. The number of carbonyl (C=O) groups excluding carboxylic acids is 2. The van der Waals surface area contributed by atoms with Gasteiger partial charge in [0, 0.05) is 22.1 Å². The van der Waals surface area contributed by atoms with E-state index >= 15 is 0 Å². The zero-order chi connectivity index (χ0) is 20.8. The molecule has 0 saturated heterocycles. The molecule has 0 aliphatic carbocycles. The van der Waals surface area contributed by atoms with E-state index in [4.69, 9.17) is 11.6 Å². The highest BCUT2D eigenvalue weighted by molar-refractivity contribution is 6.30. The molecular formula is C23H22ClN3O2. The van der Waals surface area contributed by atoms with Gasteiger partial charge in [0.05, 0.1) is 12.1 Å². The molecule has 6 heteroatoms. The maximum absolute atomic E-state index is 12.7. The van der Waals surface area contributed by atoms with Gasteiger partial charge in [0.1, 0.15) is 0 Å². The van der Waals surface area contributed by atoms with Gasteiger partial charge >= 0.3 is 0 Å². The summed E-state index contributed by atoms with van der Waals surface area (Å²) in [5.74, 6) is -0.458. The van der Waals surface area contributed by atoms with E-state index in [2.05, 4.69) is 16.0 Å². The molecule has 148 valence electrons. The number of hydrogen-bond acceptors (Lipinski definition) is 3. The Bertz CT molecular complexity index is 1010. The van der Waals surface area contributed by atoms with E-state index in [1.54, 1.807) is 42.5 Å². The predicted molar refractivity (Wildman–Crippen MR) is 119 cm³/mol. The van der Waals surface area contributed by atoms with Crippen molar-refractivity contribution in [1.82, 2.24) is 0 Å². The summed E-state index contributed by atoms with van der Waals surface area (Å²) in [6.07, 6.45) is 0. The molecule has 0 fully saturated rings. The first-order valence-corrected chi connectivity index (χ1v) is 9.58. The summed E-state index contributed by atoms with van der Waals surface area (Å²) in [4.78, 5) is 25.1. The van der Waals surface area contributed by atoms with Gasteiger partial charge in [0.25, 0.3) is 5.91 Å². The molecule has 0 heterocycles. The second-order valence-electron chi connectivity index (χ2n) is 6.68. The molecule has 0 spiro atoms. The van der Waals surface area contributed by atoms with Crippen molar-refractivity contribution < 1.29 is 9.59 Å². The summed E-state index contributed by atoms with van der Waals surface area (Å²) in [7, 11) is 0. The first kappa shape index (κ1) is 20.4. The van der Waals surface area contributed by atoms with E-state index in [-0.39, 0.29) is 18.4 Å². The van der Waals surface area contributed by atoms with Crippen LogP contribution < -0.4 is 16.0 Å². The molecule has 0 unspecified atom stereocenters. The molecule has 3 N–H and O–H groups in total. The molecule has 0 saturated carbocycles. The highest BCUT2D eigenvalue weighted by atomic mass is 35.5. The van der Waals surface area contributed by atoms with Crippen LogP contribution in [0.15, 0.2) is 66.7 Å². The minimum atomic E-state index is -0.273. The highest BCUT2D eigenvalue weighted by Crippen LogP contribution is 2.21. The van der Waals surface area contributed by atoms with E-state index < -0.39 is 0 Å². The van der Waals surface area contributed by atoms with Gasteiger partial charge in [0.15, 0.2) is 0 Å². The lowest BCUT2D eigenvalue weighted by Crippen LogP contribution is -2.24. The number of halogens is 1. The van der Waals surface area contributed by atoms with Crippen molar-refractivity contribution in [3.05, 3.63) is 88.4 Å². The standard InChI is InChI=1S/C23H22ClN3O2/c1-15-6-5-7-16(2)22(15)27-21(28)14-25-20-9-4-3-8-19(20)23(29)26-18-12-10-17(24)11-13-18/h3-13,25H,14H2,1-2H3,(H,26,29)(H,27,28). The summed E-state index contributed by atoms with van der Waals surface area (Å²) in [5, 5.41) is 9.41. The van der Waals surface area contributed by atoms with Gasteiger partial charge in [-0.25, -0.2) is 0 Å². The molecule has 29 heavy (non-hydrogen) atoms. The van der Waals surface area contributed by atoms with Gasteiger partial charge in [-0.1, -0.05) is 41.9 Å². The molecule has 3 rings (SSSR count). The minimum Gasteiger partial charge on any atom is -0.376 e. The van der Waals surface area contributed by atoms with Crippen molar-refractivity contribution in [1.29, 1.82) is 0 Å². The first-order valence-electron chi connectivity index (χ1n) is 9.20. The third kappa shape index (κ3) is 5.36. The van der Waals surface area contributed by atoms with E-state index in [1.165, 1.54) is 0 Å². The van der Waals surface area contributed by atoms with Gasteiger partial charge in [-0.3, -0.25) is 9.59 Å². The van der Waals surface area contributed by atoms with Crippen LogP contribution in [0.4, 0.5) is 17.1 Å². The van der Waals surface area contributed by atoms with Crippen LogP contribution in [0.5, 0.6) is 0 Å². The molecule has 0 bridgehead atoms. The van der Waals surface area contributed by atoms with Crippen molar-refractivity contribution in [3.63, 3.8) is 0 Å². The number of nitrogens with one attached hydrogen (secondary N) is 3. The number of para-hydroxylation sites is 2. The summed E-state index contributed by atoms with van der Waals surface area (Å²) in [6, 6.07) is 19.8. The first-order chi connectivity index (χ1) is 13.9. The Morgan fingerprint density at radius 3 is 2.17 bits per heavy atom. The molecule has 3 aromatic rings. The van der Waals surface area contributed by atoms with Crippen LogP contribution in [-0.2, 0) is 4.79 Å². The Hall–Kier alpha value is -3.31. The van der Waals surface area contributed by atoms with Crippen LogP contribution in [0.2, 0.25) is 5.02 Å². The number of aryl methyl sites for hydroxylation is 2. The summed E-state index contributed by atoms with van der Waals surface area (Å²) in [6.45, 7) is 3.94. The lowest BCUT2D eigenvalue weighted by atomic mass is 10.1. The fourth-order valence-electron chi connectivity index (χ4n) is 2.94. The maximum atomic E-state index is 12.7. The lowest BCUT2D eigenvalue weighted by Gasteiger charge is -2.14. The molecule has 0 aromatic heterocycles. The molecule has 0 atom stereocenters. The quantitative estimate of drug-likeness (QED) is 0.522. The predicted octanol–water partition coefficient (Wildman–Crippen LogP) is 5.26. The van der Waals surface area contributed by atoms with Gasteiger partial charge in [0.2, 0.25) is 5.91 Å². The van der Waals surface area contributed by atoms with Crippen molar-refractivity contribution in [2.24, 2.45) is 0 Å². The number of rotatable bonds is 6. The second kappa shape index (κ2) is 9.26. The Labute approximate surface area is 175 Å². The SMILES string of the molecule is Cc1cccc(C)c1NC(=O)CNc1ccccc1C(=O)Nc1ccc(Cl)cc1. The second-order valence-corrected chi connectivity index (χ2v) is 7.11. The average Bonchev–Trinajstić information content (AvgIpc) is 2.71. The smallest absolute Gasteiger partial charge is 0.257 e. The number of benzene rings is 3. The van der Waals surface area contributed by atoms with Crippen molar-refractivity contribution in [2.75, 3.05) is 22.5 Å². The largest absolute Gasteiger partial charge is 0.376 e. The lowest BCUT2D eigenvalue weighted by molar-refractivity contribution is -0.114. The van der Waals surface area contributed by atoms with Crippen molar-refractivity contribution >= 4 is 40.5 Å². The van der Waals surface area contributed by atoms with Gasteiger partial charge in [-0.15, -0.1) is 0 Å². The molecule has 0 radical (unpaired) electrons. The number of amides is 2.